The van der Waals surface area contributed by atoms with E-state index in [1.54, 1.807) is 0 Å². The molecule has 0 bridgehead atoms. The summed E-state index contributed by atoms with van der Waals surface area (Å²) < 4.78 is 4.77. The Morgan fingerprint density at radius 3 is 2.27 bits per heavy atom. The summed E-state index contributed by atoms with van der Waals surface area (Å²) in [4.78, 5) is 10.1. The van der Waals surface area contributed by atoms with E-state index in [4.69, 9.17) is 20.1 Å². The fourth-order valence-electron chi connectivity index (χ4n) is 1.04. The van der Waals surface area contributed by atoms with Crippen molar-refractivity contribution < 1.29 is 24.9 Å². The summed E-state index contributed by atoms with van der Waals surface area (Å²) in [7, 11) is 0. The van der Waals surface area contributed by atoms with Crippen LogP contribution < -0.4 is 0 Å². The summed E-state index contributed by atoms with van der Waals surface area (Å²) in [5, 5.41) is 26.7. The molecule has 1 heterocycles. The molecule has 0 aromatic rings. The molecule has 0 aliphatic carbocycles. The second kappa shape index (κ2) is 3.27. The van der Waals surface area contributed by atoms with Crippen LogP contribution in [0.5, 0.6) is 0 Å². The van der Waals surface area contributed by atoms with Gasteiger partial charge in [-0.3, -0.25) is 0 Å². The molecule has 1 aliphatic heterocycles. The van der Waals surface area contributed by atoms with Gasteiger partial charge in [0.1, 0.15) is 24.4 Å². The van der Waals surface area contributed by atoms with Crippen molar-refractivity contribution in [3.05, 3.63) is 0 Å². The number of hydrogen-bond acceptors (Lipinski definition) is 5. The van der Waals surface area contributed by atoms with Gasteiger partial charge in [0.25, 0.3) is 0 Å². The molecule has 5 nitrogen and oxygen atoms in total. The van der Waals surface area contributed by atoms with Crippen molar-refractivity contribution in [3.63, 3.8) is 0 Å². The maximum Gasteiger partial charge on any atom is 0.151 e. The van der Waals surface area contributed by atoms with Gasteiger partial charge in [0.05, 0.1) is 6.61 Å². The first-order valence-electron chi connectivity index (χ1n) is 3.28. The molecule has 1 saturated heterocycles. The van der Waals surface area contributed by atoms with Crippen LogP contribution in [0, 0.1) is 0 Å². The third-order valence-corrected chi connectivity index (χ3v) is 1.71. The lowest BCUT2D eigenvalue weighted by Crippen LogP contribution is -2.34. The van der Waals surface area contributed by atoms with Gasteiger partial charge >= 0.3 is 0 Å². The van der Waals surface area contributed by atoms with Crippen molar-refractivity contribution in [2.24, 2.45) is 0 Å². The lowest BCUT2D eigenvalue weighted by atomic mass is 10.1. The van der Waals surface area contributed by atoms with Crippen LogP contribution in [0.25, 0.3) is 0 Å². The number of rotatable bonds is 2. The SMILES string of the molecule is O=C[C@H]1O[C@@H](CO)[C@H](O)[C@H]1O. The highest BCUT2D eigenvalue weighted by Crippen LogP contribution is 2.19. The molecule has 0 spiro atoms. The molecule has 1 fully saturated rings. The largest absolute Gasteiger partial charge is 0.394 e. The fraction of sp³-hybridized carbons (Fsp3) is 0.833. The molecular formula is C6H10O5. The zero-order chi connectivity index (χ0) is 8.43. The minimum Gasteiger partial charge on any atom is -0.394 e. The molecule has 64 valence electrons. The smallest absolute Gasteiger partial charge is 0.151 e. The topological polar surface area (TPSA) is 87.0 Å². The predicted octanol–water partition coefficient (Wildman–Crippen LogP) is -2.33. The van der Waals surface area contributed by atoms with Gasteiger partial charge in [0.15, 0.2) is 6.29 Å². The Hall–Kier alpha value is -0.490. The van der Waals surface area contributed by atoms with Crippen molar-refractivity contribution in [1.29, 1.82) is 0 Å². The first-order valence-corrected chi connectivity index (χ1v) is 3.28. The Morgan fingerprint density at radius 1 is 1.36 bits per heavy atom. The fourth-order valence-corrected chi connectivity index (χ4v) is 1.04. The molecule has 0 amide bonds. The summed E-state index contributed by atoms with van der Waals surface area (Å²) in [5.41, 5.74) is 0. The van der Waals surface area contributed by atoms with E-state index in [9.17, 15) is 4.79 Å². The Labute approximate surface area is 63.2 Å². The minimum atomic E-state index is -1.22. The zero-order valence-corrected chi connectivity index (χ0v) is 5.75. The Kier molecular flexibility index (Phi) is 2.56. The first kappa shape index (κ1) is 8.61. The van der Waals surface area contributed by atoms with E-state index in [0.717, 1.165) is 0 Å². The number of aliphatic hydroxyl groups excluding tert-OH is 3. The zero-order valence-electron chi connectivity index (χ0n) is 5.75. The number of aldehydes is 1. The Balaban J connectivity index is 2.60. The summed E-state index contributed by atoms with van der Waals surface area (Å²) in [6.07, 6.45) is -3.84. The lowest BCUT2D eigenvalue weighted by molar-refractivity contribution is -0.121. The number of carbonyl (C=O) groups excluding carboxylic acids is 1. The molecule has 0 radical (unpaired) electrons. The van der Waals surface area contributed by atoms with Gasteiger partial charge in [-0.2, -0.15) is 0 Å². The Morgan fingerprint density at radius 2 is 2.00 bits per heavy atom. The van der Waals surface area contributed by atoms with Gasteiger partial charge in [0.2, 0.25) is 0 Å². The van der Waals surface area contributed by atoms with Crippen LogP contribution in [0.15, 0.2) is 0 Å². The van der Waals surface area contributed by atoms with Gasteiger partial charge in [0, 0.05) is 0 Å². The van der Waals surface area contributed by atoms with Crippen LogP contribution in [0.4, 0.5) is 0 Å². The number of aliphatic hydroxyl groups is 3. The normalized spacial score (nSPS) is 44.3. The monoisotopic (exact) mass is 162 g/mol. The second-order valence-corrected chi connectivity index (χ2v) is 2.44. The molecule has 1 rings (SSSR count). The molecule has 1 aliphatic rings. The van der Waals surface area contributed by atoms with Crippen LogP contribution in [0.2, 0.25) is 0 Å². The molecule has 5 heteroatoms. The van der Waals surface area contributed by atoms with Gasteiger partial charge in [-0.1, -0.05) is 0 Å². The van der Waals surface area contributed by atoms with Crippen LogP contribution in [0.1, 0.15) is 0 Å². The summed E-state index contributed by atoms with van der Waals surface area (Å²) in [5.74, 6) is 0. The van der Waals surface area contributed by atoms with Crippen LogP contribution in [-0.4, -0.2) is 52.6 Å². The standard InChI is InChI=1S/C6H10O5/c7-1-3-5(9)6(10)4(2-8)11-3/h1,3-6,8-10H,2H2/t3-,4+,5+,6+/m1/s1. The molecule has 3 N–H and O–H groups in total. The Bertz CT molecular complexity index is 148. The molecule has 0 unspecified atom stereocenters. The van der Waals surface area contributed by atoms with E-state index in [1.807, 2.05) is 0 Å². The van der Waals surface area contributed by atoms with Crippen molar-refractivity contribution in [1.82, 2.24) is 0 Å². The van der Waals surface area contributed by atoms with Crippen molar-refractivity contribution >= 4 is 6.29 Å². The quantitative estimate of drug-likeness (QED) is 0.396. The van der Waals surface area contributed by atoms with E-state index in [0.29, 0.717) is 6.29 Å². The highest BCUT2D eigenvalue weighted by molar-refractivity contribution is 5.58. The van der Waals surface area contributed by atoms with Crippen LogP contribution in [0.3, 0.4) is 0 Å². The van der Waals surface area contributed by atoms with Crippen molar-refractivity contribution in [3.8, 4) is 0 Å². The molecule has 11 heavy (non-hydrogen) atoms. The molecule has 0 aromatic carbocycles. The minimum absolute atomic E-state index is 0.400. The third-order valence-electron chi connectivity index (χ3n) is 1.71. The van der Waals surface area contributed by atoms with Gasteiger partial charge < -0.3 is 24.9 Å². The van der Waals surface area contributed by atoms with Crippen LogP contribution in [-0.2, 0) is 9.53 Å². The molecule has 0 aromatic heterocycles. The highest BCUT2D eigenvalue weighted by atomic mass is 16.6. The van der Waals surface area contributed by atoms with E-state index < -0.39 is 31.0 Å². The van der Waals surface area contributed by atoms with Gasteiger partial charge in [-0.15, -0.1) is 0 Å². The van der Waals surface area contributed by atoms with E-state index >= 15 is 0 Å². The first-order chi connectivity index (χ1) is 5.20. The third kappa shape index (κ3) is 1.41. The highest BCUT2D eigenvalue weighted by Gasteiger charge is 2.41. The van der Waals surface area contributed by atoms with E-state index in [-0.39, 0.29) is 0 Å². The average Bonchev–Trinajstić information content (AvgIpc) is 2.30. The van der Waals surface area contributed by atoms with Crippen molar-refractivity contribution in [2.45, 2.75) is 24.4 Å². The van der Waals surface area contributed by atoms with E-state index in [1.165, 1.54) is 0 Å². The summed E-state index contributed by atoms with van der Waals surface area (Å²) in [6.45, 7) is -0.400. The maximum absolute atomic E-state index is 10.1. The van der Waals surface area contributed by atoms with Gasteiger partial charge in [-0.25, -0.2) is 0 Å². The predicted molar refractivity (Wildman–Crippen MR) is 33.8 cm³/mol. The van der Waals surface area contributed by atoms with Crippen LogP contribution >= 0.6 is 0 Å². The molecule has 0 saturated carbocycles. The average molecular weight is 162 g/mol. The van der Waals surface area contributed by atoms with E-state index in [2.05, 4.69) is 0 Å². The molecular weight excluding hydrogens is 152 g/mol. The number of carbonyl (C=O) groups is 1. The lowest BCUT2D eigenvalue weighted by Gasteiger charge is -2.10. The summed E-state index contributed by atoms with van der Waals surface area (Å²) >= 11 is 0. The number of hydrogen-bond donors (Lipinski definition) is 3. The molecule has 4 atom stereocenters. The maximum atomic E-state index is 10.1. The number of ether oxygens (including phenoxy) is 1. The van der Waals surface area contributed by atoms with Crippen molar-refractivity contribution in [2.75, 3.05) is 6.61 Å². The van der Waals surface area contributed by atoms with Gasteiger partial charge in [-0.05, 0) is 0 Å². The second-order valence-electron chi connectivity index (χ2n) is 2.44. The summed E-state index contributed by atoms with van der Waals surface area (Å²) in [6, 6.07) is 0.